The Balaban J connectivity index is 1.27. The number of fused-ring (bicyclic) bond motifs is 1. The lowest BCUT2D eigenvalue weighted by Crippen LogP contribution is -2.43. The van der Waals surface area contributed by atoms with Gasteiger partial charge in [-0.05, 0) is 49.2 Å². The van der Waals surface area contributed by atoms with Crippen LogP contribution in [-0.4, -0.2) is 48.4 Å². The molecule has 3 aromatic rings. The first kappa shape index (κ1) is 19.4. The van der Waals surface area contributed by atoms with E-state index in [2.05, 4.69) is 11.4 Å². The lowest BCUT2D eigenvalue weighted by atomic mass is 9.97. The van der Waals surface area contributed by atoms with Crippen LogP contribution >= 0.6 is 11.3 Å². The van der Waals surface area contributed by atoms with Gasteiger partial charge in [-0.3, -0.25) is 9.59 Å². The molecule has 0 radical (unpaired) electrons. The van der Waals surface area contributed by atoms with E-state index in [0.717, 1.165) is 23.4 Å². The fraction of sp³-hybridized carbons (Fsp3) is 0.318. The summed E-state index contributed by atoms with van der Waals surface area (Å²) in [7, 11) is 1.58. The predicted molar refractivity (Wildman–Crippen MR) is 114 cm³/mol. The molecule has 0 atom stereocenters. The van der Waals surface area contributed by atoms with Crippen LogP contribution in [0.3, 0.4) is 0 Å². The van der Waals surface area contributed by atoms with E-state index in [9.17, 15) is 9.59 Å². The van der Waals surface area contributed by atoms with E-state index < -0.39 is 0 Å². The quantitative estimate of drug-likeness (QED) is 0.701. The first-order chi connectivity index (χ1) is 14.1. The van der Waals surface area contributed by atoms with Crippen LogP contribution in [-0.2, 0) is 4.79 Å². The molecule has 4 rings (SSSR count). The second-order valence-electron chi connectivity index (χ2n) is 7.09. The minimum atomic E-state index is -0.259. The van der Waals surface area contributed by atoms with Crippen LogP contribution in [0.5, 0.6) is 5.75 Å². The number of methoxy groups -OCH3 is 1. The van der Waals surface area contributed by atoms with E-state index >= 15 is 0 Å². The van der Waals surface area contributed by atoms with Crippen LogP contribution in [0.2, 0.25) is 0 Å². The first-order valence-corrected chi connectivity index (χ1v) is 10.5. The number of likely N-dealkylation sites (tertiary alicyclic amines) is 1. The predicted octanol–water partition coefficient (Wildman–Crippen LogP) is 3.44. The van der Waals surface area contributed by atoms with Gasteiger partial charge >= 0.3 is 0 Å². The van der Waals surface area contributed by atoms with Crippen molar-refractivity contribution in [2.45, 2.75) is 18.8 Å². The SMILES string of the molecule is COc1ccc(C(=O)NCC(=O)N2CCC(c3nc4ccccc4s3)CC2)cc1. The van der Waals surface area contributed by atoms with E-state index in [4.69, 9.17) is 9.72 Å². The van der Waals surface area contributed by atoms with Crippen molar-refractivity contribution in [3.63, 3.8) is 0 Å². The van der Waals surface area contributed by atoms with Gasteiger partial charge in [0.1, 0.15) is 5.75 Å². The van der Waals surface area contributed by atoms with Crippen molar-refractivity contribution in [2.75, 3.05) is 26.7 Å². The van der Waals surface area contributed by atoms with Gasteiger partial charge in [-0.1, -0.05) is 12.1 Å². The maximum atomic E-state index is 12.5. The van der Waals surface area contributed by atoms with E-state index in [1.54, 1.807) is 42.7 Å². The number of hydrogen-bond donors (Lipinski definition) is 1. The Labute approximate surface area is 173 Å². The molecule has 0 saturated carbocycles. The van der Waals surface area contributed by atoms with Crippen molar-refractivity contribution in [2.24, 2.45) is 0 Å². The van der Waals surface area contributed by atoms with Crippen molar-refractivity contribution in [1.29, 1.82) is 0 Å². The summed E-state index contributed by atoms with van der Waals surface area (Å²) >= 11 is 1.75. The minimum absolute atomic E-state index is 0.0106. The van der Waals surface area contributed by atoms with E-state index in [-0.39, 0.29) is 18.4 Å². The first-order valence-electron chi connectivity index (χ1n) is 9.69. The molecule has 1 fully saturated rings. The topological polar surface area (TPSA) is 71.5 Å². The summed E-state index contributed by atoms with van der Waals surface area (Å²) < 4.78 is 6.30. The van der Waals surface area contributed by atoms with Gasteiger partial charge in [0.2, 0.25) is 5.91 Å². The molecule has 2 heterocycles. The highest BCUT2D eigenvalue weighted by atomic mass is 32.1. The van der Waals surface area contributed by atoms with Crippen LogP contribution in [0, 0.1) is 0 Å². The molecule has 2 amide bonds. The highest BCUT2D eigenvalue weighted by molar-refractivity contribution is 7.18. The van der Waals surface area contributed by atoms with E-state index in [1.165, 1.54) is 4.70 Å². The molecule has 1 aliphatic heterocycles. The fourth-order valence-corrected chi connectivity index (χ4v) is 4.69. The zero-order valence-corrected chi connectivity index (χ0v) is 17.1. The summed E-state index contributed by atoms with van der Waals surface area (Å²) in [6, 6.07) is 15.0. The molecule has 0 spiro atoms. The van der Waals surface area contributed by atoms with E-state index in [1.807, 2.05) is 23.1 Å². The standard InChI is InChI=1S/C22H23N3O3S/c1-28-17-8-6-15(7-9-17)21(27)23-14-20(26)25-12-10-16(11-13-25)22-24-18-4-2-3-5-19(18)29-22/h2-9,16H,10-14H2,1H3,(H,23,27). The van der Waals surface area contributed by atoms with Gasteiger partial charge < -0.3 is 15.0 Å². The molecule has 1 aromatic heterocycles. The molecular formula is C22H23N3O3S. The third-order valence-electron chi connectivity index (χ3n) is 5.26. The number of hydrogen-bond acceptors (Lipinski definition) is 5. The molecule has 29 heavy (non-hydrogen) atoms. The maximum Gasteiger partial charge on any atom is 0.251 e. The number of para-hydroxylation sites is 1. The minimum Gasteiger partial charge on any atom is -0.497 e. The Morgan fingerprint density at radius 1 is 1.14 bits per heavy atom. The average molecular weight is 410 g/mol. The Hall–Kier alpha value is -2.93. The maximum absolute atomic E-state index is 12.5. The zero-order valence-electron chi connectivity index (χ0n) is 16.3. The summed E-state index contributed by atoms with van der Waals surface area (Å²) in [5, 5.41) is 3.87. The van der Waals surface area contributed by atoms with Crippen molar-refractivity contribution in [3.8, 4) is 5.75 Å². The molecule has 150 valence electrons. The largest absolute Gasteiger partial charge is 0.497 e. The van der Waals surface area contributed by atoms with Crippen LogP contribution in [0.1, 0.15) is 34.1 Å². The van der Waals surface area contributed by atoms with Gasteiger partial charge in [0.25, 0.3) is 5.91 Å². The molecule has 0 bridgehead atoms. The Morgan fingerprint density at radius 3 is 2.55 bits per heavy atom. The van der Waals surface area contributed by atoms with Gasteiger partial charge in [-0.15, -0.1) is 11.3 Å². The molecule has 1 saturated heterocycles. The van der Waals surface area contributed by atoms with Gasteiger partial charge in [0.05, 0.1) is 28.9 Å². The highest BCUT2D eigenvalue weighted by Crippen LogP contribution is 2.33. The number of rotatable bonds is 5. The zero-order chi connectivity index (χ0) is 20.2. The van der Waals surface area contributed by atoms with Crippen molar-refractivity contribution >= 4 is 33.4 Å². The molecule has 0 unspecified atom stereocenters. The molecule has 1 aliphatic rings. The Morgan fingerprint density at radius 2 is 1.86 bits per heavy atom. The molecule has 1 N–H and O–H groups in total. The van der Waals surface area contributed by atoms with Crippen molar-refractivity contribution in [1.82, 2.24) is 15.2 Å². The summed E-state index contributed by atoms with van der Waals surface area (Å²) in [6.45, 7) is 1.40. The lowest BCUT2D eigenvalue weighted by molar-refractivity contribution is -0.131. The third kappa shape index (κ3) is 4.40. The van der Waals surface area contributed by atoms with Crippen molar-refractivity contribution in [3.05, 3.63) is 59.1 Å². The molecule has 6 nitrogen and oxygen atoms in total. The third-order valence-corrected chi connectivity index (χ3v) is 6.46. The summed E-state index contributed by atoms with van der Waals surface area (Å²) in [6.07, 6.45) is 1.80. The number of carbonyl (C=O) groups is 2. The monoisotopic (exact) mass is 409 g/mol. The van der Waals surface area contributed by atoms with Crippen LogP contribution in [0.4, 0.5) is 0 Å². The van der Waals surface area contributed by atoms with Gasteiger partial charge in [-0.2, -0.15) is 0 Å². The second kappa shape index (κ2) is 8.61. The number of nitrogens with zero attached hydrogens (tertiary/aromatic N) is 2. The molecule has 7 heteroatoms. The van der Waals surface area contributed by atoms with Crippen molar-refractivity contribution < 1.29 is 14.3 Å². The van der Waals surface area contributed by atoms with Crippen LogP contribution < -0.4 is 10.1 Å². The molecule has 0 aliphatic carbocycles. The summed E-state index contributed by atoms with van der Waals surface area (Å²) in [4.78, 5) is 31.3. The summed E-state index contributed by atoms with van der Waals surface area (Å²) in [5.74, 6) is 0.777. The molecular weight excluding hydrogens is 386 g/mol. The summed E-state index contributed by atoms with van der Waals surface area (Å²) in [5.41, 5.74) is 1.56. The number of amides is 2. The number of aromatic nitrogens is 1. The normalized spacial score (nSPS) is 14.7. The van der Waals surface area contributed by atoms with Gasteiger partial charge in [0.15, 0.2) is 0 Å². The number of piperidine rings is 1. The smallest absolute Gasteiger partial charge is 0.251 e. The molecule has 2 aromatic carbocycles. The average Bonchev–Trinajstić information content (AvgIpc) is 3.22. The number of nitrogens with one attached hydrogen (secondary N) is 1. The van der Waals surface area contributed by atoms with Crippen LogP contribution in [0.25, 0.3) is 10.2 Å². The van der Waals surface area contributed by atoms with Gasteiger partial charge in [0, 0.05) is 24.6 Å². The lowest BCUT2D eigenvalue weighted by Gasteiger charge is -2.31. The fourth-order valence-electron chi connectivity index (χ4n) is 3.55. The van der Waals surface area contributed by atoms with Gasteiger partial charge in [-0.25, -0.2) is 4.98 Å². The number of thiazole rings is 1. The van der Waals surface area contributed by atoms with E-state index in [0.29, 0.717) is 30.3 Å². The number of ether oxygens (including phenoxy) is 1. The second-order valence-corrected chi connectivity index (χ2v) is 8.15. The number of benzene rings is 2. The Kier molecular flexibility index (Phi) is 5.76. The number of carbonyl (C=O) groups excluding carboxylic acids is 2. The Bertz CT molecular complexity index is 975. The van der Waals surface area contributed by atoms with Crippen LogP contribution in [0.15, 0.2) is 48.5 Å². The highest BCUT2D eigenvalue weighted by Gasteiger charge is 2.26.